The Labute approximate surface area is 127 Å². The molecule has 19 heavy (non-hydrogen) atoms. The number of fused-ring (bicyclic) bond motifs is 1. The third-order valence-electron chi connectivity index (χ3n) is 3.67. The first-order valence-electron chi connectivity index (χ1n) is 6.85. The van der Waals surface area contributed by atoms with E-state index < -0.39 is 0 Å². The van der Waals surface area contributed by atoms with Crippen LogP contribution in [0.3, 0.4) is 0 Å². The molecular weight excluding hydrogens is 294 g/mol. The Balaban J connectivity index is 1.67. The summed E-state index contributed by atoms with van der Waals surface area (Å²) in [5, 5.41) is 3.70. The topological polar surface area (TPSA) is 12.0 Å². The molecule has 0 fully saturated rings. The van der Waals surface area contributed by atoms with Crippen LogP contribution < -0.4 is 5.32 Å². The van der Waals surface area contributed by atoms with Crippen molar-refractivity contribution in [3.8, 4) is 0 Å². The predicted molar refractivity (Wildman–Crippen MR) is 85.5 cm³/mol. The quantitative estimate of drug-likeness (QED) is 0.819. The summed E-state index contributed by atoms with van der Waals surface area (Å²) in [5.41, 5.74) is 1.44. The molecule has 102 valence electrons. The van der Waals surface area contributed by atoms with Gasteiger partial charge < -0.3 is 5.32 Å². The van der Waals surface area contributed by atoms with E-state index in [2.05, 4.69) is 30.4 Å². The lowest BCUT2D eigenvalue weighted by atomic mass is 9.94. The van der Waals surface area contributed by atoms with Crippen molar-refractivity contribution in [3.63, 3.8) is 0 Å². The van der Waals surface area contributed by atoms with Crippen LogP contribution in [0, 0.1) is 0 Å². The molecule has 1 aliphatic carbocycles. The van der Waals surface area contributed by atoms with Crippen LogP contribution in [0.2, 0.25) is 4.34 Å². The molecule has 1 unspecified atom stereocenters. The highest BCUT2D eigenvalue weighted by Gasteiger charge is 2.22. The van der Waals surface area contributed by atoms with Crippen molar-refractivity contribution < 1.29 is 0 Å². The number of nitrogens with one attached hydrogen (secondary N) is 1. The molecule has 2 aromatic heterocycles. The third-order valence-corrected chi connectivity index (χ3v) is 6.24. The first kappa shape index (κ1) is 13.6. The summed E-state index contributed by atoms with van der Waals surface area (Å²) < 4.78 is 0.933. The van der Waals surface area contributed by atoms with E-state index in [1.54, 1.807) is 11.3 Å². The van der Waals surface area contributed by atoms with E-state index in [0.717, 1.165) is 17.3 Å². The molecule has 0 aromatic carbocycles. The summed E-state index contributed by atoms with van der Waals surface area (Å²) in [5.74, 6) is 0. The van der Waals surface area contributed by atoms with Crippen molar-refractivity contribution in [2.24, 2.45) is 0 Å². The average Bonchev–Trinajstić information content (AvgIpc) is 3.01. The van der Waals surface area contributed by atoms with Gasteiger partial charge in [-0.2, -0.15) is 0 Å². The van der Waals surface area contributed by atoms with Gasteiger partial charge in [-0.3, -0.25) is 0 Å². The zero-order valence-electron chi connectivity index (χ0n) is 11.0. The Bertz CT molecular complexity index is 558. The van der Waals surface area contributed by atoms with Crippen LogP contribution >= 0.6 is 34.3 Å². The summed E-state index contributed by atoms with van der Waals surface area (Å²) in [6.07, 6.45) is 4.83. The second-order valence-electron chi connectivity index (χ2n) is 4.98. The monoisotopic (exact) mass is 311 g/mol. The van der Waals surface area contributed by atoms with Crippen molar-refractivity contribution in [2.75, 3.05) is 0 Å². The van der Waals surface area contributed by atoms with Gasteiger partial charge in [-0.25, -0.2) is 0 Å². The van der Waals surface area contributed by atoms with Gasteiger partial charge in [0.25, 0.3) is 0 Å². The van der Waals surface area contributed by atoms with Crippen LogP contribution in [0.25, 0.3) is 0 Å². The van der Waals surface area contributed by atoms with E-state index >= 15 is 0 Å². The fourth-order valence-electron chi connectivity index (χ4n) is 2.66. The van der Waals surface area contributed by atoms with Gasteiger partial charge in [0, 0.05) is 27.2 Å². The predicted octanol–water partition coefficient (Wildman–Crippen LogP) is 5.19. The maximum absolute atomic E-state index is 6.15. The van der Waals surface area contributed by atoms with Gasteiger partial charge in [0.2, 0.25) is 0 Å². The maximum Gasteiger partial charge on any atom is 0.0934 e. The Morgan fingerprint density at radius 1 is 1.32 bits per heavy atom. The fraction of sp³-hybridized carbons (Fsp3) is 0.467. The zero-order chi connectivity index (χ0) is 13.2. The van der Waals surface area contributed by atoms with Crippen molar-refractivity contribution >= 4 is 34.3 Å². The Hall–Kier alpha value is -0.350. The Morgan fingerprint density at radius 3 is 2.95 bits per heavy atom. The molecular formula is C15H18ClNS2. The van der Waals surface area contributed by atoms with Crippen LogP contribution in [0.4, 0.5) is 0 Å². The zero-order valence-corrected chi connectivity index (χ0v) is 13.4. The number of hydrogen-bond acceptors (Lipinski definition) is 3. The van der Waals surface area contributed by atoms with Crippen molar-refractivity contribution in [3.05, 3.63) is 42.7 Å². The number of hydrogen-bond donors (Lipinski definition) is 1. The summed E-state index contributed by atoms with van der Waals surface area (Å²) in [6, 6.07) is 7.14. The fourth-order valence-corrected chi connectivity index (χ4v) is 4.96. The van der Waals surface area contributed by atoms with Crippen molar-refractivity contribution in [1.29, 1.82) is 0 Å². The smallest absolute Gasteiger partial charge is 0.0934 e. The molecule has 0 amide bonds. The van der Waals surface area contributed by atoms with Gasteiger partial charge in [-0.1, -0.05) is 18.5 Å². The molecule has 0 saturated heterocycles. The lowest BCUT2D eigenvalue weighted by Gasteiger charge is -2.23. The summed E-state index contributed by atoms with van der Waals surface area (Å²) in [4.78, 5) is 4.39. The molecule has 2 heterocycles. The minimum absolute atomic E-state index is 0.486. The second-order valence-corrected chi connectivity index (χ2v) is 8.00. The highest BCUT2D eigenvalue weighted by molar-refractivity contribution is 7.16. The van der Waals surface area contributed by atoms with E-state index in [4.69, 9.17) is 11.6 Å². The standard InChI is InChI=1S/C15H18ClNS2/c1-2-10-6-7-11(18-10)9-17-13-4-3-5-14-12(13)8-15(16)19-14/h6-8,13,17H,2-5,9H2,1H3. The van der Waals surface area contributed by atoms with Gasteiger partial charge in [-0.05, 0) is 49.4 Å². The number of rotatable bonds is 4. The first-order valence-corrected chi connectivity index (χ1v) is 8.86. The second kappa shape index (κ2) is 5.96. The van der Waals surface area contributed by atoms with E-state index in [-0.39, 0.29) is 0 Å². The summed E-state index contributed by atoms with van der Waals surface area (Å²) in [7, 11) is 0. The molecule has 4 heteroatoms. The van der Waals surface area contributed by atoms with Crippen LogP contribution in [-0.4, -0.2) is 0 Å². The van der Waals surface area contributed by atoms with Crippen LogP contribution in [-0.2, 0) is 19.4 Å². The van der Waals surface area contributed by atoms with Crippen LogP contribution in [0.5, 0.6) is 0 Å². The highest BCUT2D eigenvalue weighted by atomic mass is 35.5. The van der Waals surface area contributed by atoms with Crippen molar-refractivity contribution in [2.45, 2.75) is 45.2 Å². The van der Waals surface area contributed by atoms with Gasteiger partial charge >= 0.3 is 0 Å². The lowest BCUT2D eigenvalue weighted by Crippen LogP contribution is -2.23. The minimum atomic E-state index is 0.486. The van der Waals surface area contributed by atoms with E-state index in [0.29, 0.717) is 6.04 Å². The highest BCUT2D eigenvalue weighted by Crippen LogP contribution is 2.38. The number of halogens is 1. The Kier molecular flexibility index (Phi) is 4.27. The summed E-state index contributed by atoms with van der Waals surface area (Å²) in [6.45, 7) is 3.19. The van der Waals surface area contributed by atoms with Crippen molar-refractivity contribution in [1.82, 2.24) is 5.32 Å². The van der Waals surface area contributed by atoms with E-state index in [9.17, 15) is 0 Å². The molecule has 0 saturated carbocycles. The molecule has 0 aliphatic heterocycles. The molecule has 0 radical (unpaired) electrons. The largest absolute Gasteiger partial charge is 0.305 e. The molecule has 1 N–H and O–H groups in total. The van der Waals surface area contributed by atoms with Gasteiger partial charge in [-0.15, -0.1) is 22.7 Å². The van der Waals surface area contributed by atoms with Gasteiger partial charge in [0.15, 0.2) is 0 Å². The van der Waals surface area contributed by atoms with Gasteiger partial charge in [0.05, 0.1) is 4.34 Å². The number of aryl methyl sites for hydroxylation is 2. The minimum Gasteiger partial charge on any atom is -0.305 e. The average molecular weight is 312 g/mol. The first-order chi connectivity index (χ1) is 9.26. The maximum atomic E-state index is 6.15. The van der Waals surface area contributed by atoms with E-state index in [1.165, 1.54) is 39.5 Å². The third kappa shape index (κ3) is 3.05. The molecule has 0 spiro atoms. The Morgan fingerprint density at radius 2 is 2.16 bits per heavy atom. The van der Waals surface area contributed by atoms with E-state index in [1.807, 2.05) is 11.3 Å². The number of thiophene rings is 2. The molecule has 1 atom stereocenters. The molecule has 0 bridgehead atoms. The molecule has 2 aromatic rings. The van der Waals surface area contributed by atoms with Gasteiger partial charge in [0.1, 0.15) is 0 Å². The normalized spacial score (nSPS) is 18.5. The summed E-state index contributed by atoms with van der Waals surface area (Å²) >= 11 is 9.82. The molecule has 1 nitrogen and oxygen atoms in total. The molecule has 1 aliphatic rings. The van der Waals surface area contributed by atoms with Crippen LogP contribution in [0.1, 0.15) is 46.0 Å². The SMILES string of the molecule is CCc1ccc(CNC2CCCc3sc(Cl)cc32)s1. The van der Waals surface area contributed by atoms with Crippen LogP contribution in [0.15, 0.2) is 18.2 Å². The lowest BCUT2D eigenvalue weighted by molar-refractivity contribution is 0.465. The molecule has 3 rings (SSSR count).